The van der Waals surface area contributed by atoms with Gasteiger partial charge in [0.2, 0.25) is 0 Å². The van der Waals surface area contributed by atoms with Gasteiger partial charge in [-0.1, -0.05) is 66.7 Å². The second-order valence-corrected chi connectivity index (χ2v) is 7.71. The standard InChI is InChI=1S/C24H24N2O2/c1-24(2,3)28-27-23-20-16-10-11-17-21(20)25-22(18-12-6-4-7-13-18)26(23)19-14-8-5-9-15-19/h4-17,23H,1-3H3. The minimum Gasteiger partial charge on any atom is -0.293 e. The third kappa shape index (κ3) is 3.84. The summed E-state index contributed by atoms with van der Waals surface area (Å²) in [5, 5.41) is 0. The highest BCUT2D eigenvalue weighted by Gasteiger charge is 2.34. The molecule has 0 radical (unpaired) electrons. The maximum atomic E-state index is 6.04. The smallest absolute Gasteiger partial charge is 0.198 e. The van der Waals surface area contributed by atoms with E-state index < -0.39 is 11.8 Å². The molecule has 28 heavy (non-hydrogen) atoms. The summed E-state index contributed by atoms with van der Waals surface area (Å²) in [5.74, 6) is 0.827. The van der Waals surface area contributed by atoms with E-state index in [1.54, 1.807) is 0 Å². The second kappa shape index (κ2) is 7.58. The minimum absolute atomic E-state index is 0.432. The molecule has 0 amide bonds. The monoisotopic (exact) mass is 372 g/mol. The summed E-state index contributed by atoms with van der Waals surface area (Å²) in [5.41, 5.74) is 3.43. The quantitative estimate of drug-likeness (QED) is 0.414. The molecule has 0 fully saturated rings. The minimum atomic E-state index is -0.453. The van der Waals surface area contributed by atoms with Crippen LogP contribution in [-0.2, 0) is 9.78 Å². The number of benzene rings is 3. The number of para-hydroxylation sites is 2. The van der Waals surface area contributed by atoms with Crippen LogP contribution in [0.4, 0.5) is 11.4 Å². The Morgan fingerprint density at radius 2 is 1.39 bits per heavy atom. The molecule has 1 aliphatic rings. The zero-order valence-electron chi connectivity index (χ0n) is 16.4. The number of nitrogens with zero attached hydrogens (tertiary/aromatic N) is 2. The number of anilines is 1. The molecule has 4 nitrogen and oxygen atoms in total. The van der Waals surface area contributed by atoms with Crippen LogP contribution in [-0.4, -0.2) is 11.4 Å². The number of aliphatic imine (C=N–C) groups is 1. The first-order chi connectivity index (χ1) is 13.5. The van der Waals surface area contributed by atoms with Gasteiger partial charge in [-0.2, -0.15) is 0 Å². The fraction of sp³-hybridized carbons (Fsp3) is 0.208. The molecule has 0 spiro atoms. The normalized spacial score (nSPS) is 16.5. The van der Waals surface area contributed by atoms with Crippen molar-refractivity contribution in [2.24, 2.45) is 4.99 Å². The van der Waals surface area contributed by atoms with Crippen molar-refractivity contribution in [3.63, 3.8) is 0 Å². The van der Waals surface area contributed by atoms with E-state index in [1.165, 1.54) is 0 Å². The van der Waals surface area contributed by atoms with Crippen LogP contribution in [0.5, 0.6) is 0 Å². The van der Waals surface area contributed by atoms with Gasteiger partial charge in [-0.15, -0.1) is 0 Å². The van der Waals surface area contributed by atoms with E-state index in [2.05, 4.69) is 29.2 Å². The maximum absolute atomic E-state index is 6.04. The zero-order chi connectivity index (χ0) is 19.6. The first-order valence-electron chi connectivity index (χ1n) is 9.45. The van der Waals surface area contributed by atoms with Crippen LogP contribution in [0.15, 0.2) is 89.9 Å². The second-order valence-electron chi connectivity index (χ2n) is 7.71. The van der Waals surface area contributed by atoms with Crippen LogP contribution >= 0.6 is 0 Å². The molecule has 1 atom stereocenters. The van der Waals surface area contributed by atoms with Crippen molar-refractivity contribution in [1.82, 2.24) is 0 Å². The molecule has 0 saturated heterocycles. The van der Waals surface area contributed by atoms with E-state index in [1.807, 2.05) is 81.4 Å². The molecule has 3 aromatic carbocycles. The lowest BCUT2D eigenvalue weighted by atomic mass is 10.0. The fourth-order valence-corrected chi connectivity index (χ4v) is 3.14. The fourth-order valence-electron chi connectivity index (χ4n) is 3.14. The van der Waals surface area contributed by atoms with E-state index in [0.29, 0.717) is 0 Å². The Balaban J connectivity index is 1.87. The van der Waals surface area contributed by atoms with Crippen molar-refractivity contribution in [2.75, 3.05) is 4.90 Å². The van der Waals surface area contributed by atoms with Crippen molar-refractivity contribution in [1.29, 1.82) is 0 Å². The average molecular weight is 372 g/mol. The number of hydrogen-bond donors (Lipinski definition) is 0. The third-order valence-corrected chi connectivity index (χ3v) is 4.35. The summed E-state index contributed by atoms with van der Waals surface area (Å²) in [6.45, 7) is 5.92. The van der Waals surface area contributed by atoms with E-state index >= 15 is 0 Å². The Kier molecular flexibility index (Phi) is 4.99. The Morgan fingerprint density at radius 1 is 0.786 bits per heavy atom. The topological polar surface area (TPSA) is 34.1 Å². The van der Waals surface area contributed by atoms with Crippen LogP contribution in [0.3, 0.4) is 0 Å². The van der Waals surface area contributed by atoms with Crippen molar-refractivity contribution in [3.05, 3.63) is 96.1 Å². The van der Waals surface area contributed by atoms with Crippen molar-refractivity contribution < 1.29 is 9.78 Å². The van der Waals surface area contributed by atoms with Crippen molar-refractivity contribution in [2.45, 2.75) is 32.6 Å². The maximum Gasteiger partial charge on any atom is 0.198 e. The van der Waals surface area contributed by atoms with Gasteiger partial charge >= 0.3 is 0 Å². The van der Waals surface area contributed by atoms with Crippen LogP contribution in [0.2, 0.25) is 0 Å². The largest absolute Gasteiger partial charge is 0.293 e. The number of fused-ring (bicyclic) bond motifs is 1. The van der Waals surface area contributed by atoms with Gasteiger partial charge in [-0.25, -0.2) is 14.8 Å². The summed E-state index contributed by atoms with van der Waals surface area (Å²) in [7, 11) is 0. The Morgan fingerprint density at radius 3 is 2.07 bits per heavy atom. The van der Waals surface area contributed by atoms with Gasteiger partial charge < -0.3 is 0 Å². The molecule has 4 heteroatoms. The predicted octanol–water partition coefficient (Wildman–Crippen LogP) is 6.03. The first-order valence-corrected chi connectivity index (χ1v) is 9.45. The van der Waals surface area contributed by atoms with Gasteiger partial charge in [0.05, 0.1) is 11.3 Å². The lowest BCUT2D eigenvalue weighted by Crippen LogP contribution is -2.40. The molecule has 0 bridgehead atoms. The lowest BCUT2D eigenvalue weighted by molar-refractivity contribution is -0.374. The van der Waals surface area contributed by atoms with E-state index in [9.17, 15) is 0 Å². The average Bonchev–Trinajstić information content (AvgIpc) is 2.72. The SMILES string of the molecule is CC(C)(C)OOC1c2ccccc2N=C(c2ccccc2)N1c1ccccc1. The Bertz CT molecular complexity index is 963. The first kappa shape index (κ1) is 18.4. The van der Waals surface area contributed by atoms with Gasteiger partial charge in [0.25, 0.3) is 0 Å². The van der Waals surface area contributed by atoms with Crippen molar-refractivity contribution >= 4 is 17.2 Å². The van der Waals surface area contributed by atoms with E-state index in [4.69, 9.17) is 14.8 Å². The van der Waals surface area contributed by atoms with Crippen molar-refractivity contribution in [3.8, 4) is 0 Å². The van der Waals surface area contributed by atoms with E-state index in [0.717, 1.165) is 28.3 Å². The van der Waals surface area contributed by atoms with Crippen LogP contribution in [0.25, 0.3) is 0 Å². The molecule has 0 N–H and O–H groups in total. The molecular formula is C24H24N2O2. The van der Waals surface area contributed by atoms with Crippen LogP contribution in [0.1, 0.15) is 38.1 Å². The summed E-state index contributed by atoms with van der Waals surface area (Å²) in [6.07, 6.45) is -0.453. The molecule has 4 rings (SSSR count). The molecule has 1 aliphatic heterocycles. The summed E-state index contributed by atoms with van der Waals surface area (Å²) in [6, 6.07) is 28.3. The molecule has 142 valence electrons. The van der Waals surface area contributed by atoms with E-state index in [-0.39, 0.29) is 0 Å². The summed E-state index contributed by atoms with van der Waals surface area (Å²) in [4.78, 5) is 18.9. The molecular weight excluding hydrogens is 348 g/mol. The molecule has 0 aliphatic carbocycles. The highest BCUT2D eigenvalue weighted by atomic mass is 17.2. The molecule has 0 aromatic heterocycles. The van der Waals surface area contributed by atoms with Gasteiger partial charge in [0.15, 0.2) is 6.23 Å². The summed E-state index contributed by atoms with van der Waals surface area (Å²) >= 11 is 0. The highest BCUT2D eigenvalue weighted by molar-refractivity contribution is 6.12. The van der Waals surface area contributed by atoms with Gasteiger partial charge in [-0.05, 0) is 39.0 Å². The number of rotatable bonds is 4. The zero-order valence-corrected chi connectivity index (χ0v) is 16.4. The summed E-state index contributed by atoms with van der Waals surface area (Å²) < 4.78 is 0. The number of amidine groups is 1. The predicted molar refractivity (Wildman–Crippen MR) is 113 cm³/mol. The molecule has 1 unspecified atom stereocenters. The van der Waals surface area contributed by atoms with Gasteiger partial charge in [0, 0.05) is 16.8 Å². The number of hydrogen-bond acceptors (Lipinski definition) is 4. The Labute approximate surface area is 166 Å². The van der Waals surface area contributed by atoms with Gasteiger partial charge in [-0.3, -0.25) is 4.90 Å². The highest BCUT2D eigenvalue weighted by Crippen LogP contribution is 2.40. The lowest BCUT2D eigenvalue weighted by Gasteiger charge is -2.38. The molecule has 0 saturated carbocycles. The van der Waals surface area contributed by atoms with Crippen LogP contribution in [0, 0.1) is 0 Å². The molecule has 3 aromatic rings. The van der Waals surface area contributed by atoms with Crippen LogP contribution < -0.4 is 4.90 Å². The Hall–Kier alpha value is -2.95. The molecule has 1 heterocycles. The van der Waals surface area contributed by atoms with Gasteiger partial charge in [0.1, 0.15) is 5.84 Å². The third-order valence-electron chi connectivity index (χ3n) is 4.35.